The molecular formula is C13H25NO6. The summed E-state index contributed by atoms with van der Waals surface area (Å²) in [5, 5.41) is 11.1. The Balaban J connectivity index is 0. The zero-order valence-electron chi connectivity index (χ0n) is 13.0. The van der Waals surface area contributed by atoms with Crippen molar-refractivity contribution >= 4 is 18.0 Å². The van der Waals surface area contributed by atoms with Gasteiger partial charge in [-0.1, -0.05) is 13.8 Å². The van der Waals surface area contributed by atoms with E-state index in [1.807, 2.05) is 13.8 Å². The monoisotopic (exact) mass is 291 g/mol. The molecule has 7 nitrogen and oxygen atoms in total. The molecule has 0 aromatic heterocycles. The molecule has 0 rings (SSSR count). The molecule has 0 radical (unpaired) electrons. The van der Waals surface area contributed by atoms with Gasteiger partial charge < -0.3 is 19.9 Å². The third-order valence-electron chi connectivity index (χ3n) is 1.85. The topological polar surface area (TPSA) is 102 Å². The highest BCUT2D eigenvalue weighted by molar-refractivity contribution is 5.80. The Labute approximate surface area is 119 Å². The summed E-state index contributed by atoms with van der Waals surface area (Å²) in [6.07, 6.45) is -0.982. The van der Waals surface area contributed by atoms with Crippen molar-refractivity contribution in [3.63, 3.8) is 0 Å². The summed E-state index contributed by atoms with van der Waals surface area (Å²) in [6, 6.07) is -1.18. The maximum atomic E-state index is 11.4. The number of amides is 1. The molecule has 1 atom stereocenters. The van der Waals surface area contributed by atoms with Gasteiger partial charge in [0.25, 0.3) is 0 Å². The minimum Gasteiger partial charge on any atom is -0.480 e. The Kier molecular flexibility index (Phi) is 10.3. The van der Waals surface area contributed by atoms with Crippen molar-refractivity contribution in [1.29, 1.82) is 0 Å². The molecule has 1 amide bonds. The number of alkyl carbamates (subject to hydrolysis) is 1. The van der Waals surface area contributed by atoms with Crippen LogP contribution in [0.1, 0.15) is 47.5 Å². The van der Waals surface area contributed by atoms with E-state index < -0.39 is 29.7 Å². The number of carboxylic acids is 1. The van der Waals surface area contributed by atoms with Crippen molar-refractivity contribution in [2.75, 3.05) is 7.11 Å². The van der Waals surface area contributed by atoms with Crippen LogP contribution in [0.2, 0.25) is 0 Å². The lowest BCUT2D eigenvalue weighted by atomic mass is 10.1. The van der Waals surface area contributed by atoms with Gasteiger partial charge in [-0.2, -0.15) is 0 Å². The number of aliphatic carboxylic acids is 1. The molecule has 7 heteroatoms. The molecule has 0 spiro atoms. The fraction of sp³-hybridized carbons (Fsp3) is 0.769. The molecule has 0 heterocycles. The Bertz CT molecular complexity index is 321. The van der Waals surface area contributed by atoms with Gasteiger partial charge in [0, 0.05) is 6.42 Å². The number of carboxylic acid groups (broad SMARTS) is 1. The molecule has 0 aliphatic heterocycles. The molecule has 0 aliphatic carbocycles. The maximum Gasteiger partial charge on any atom is 0.408 e. The summed E-state index contributed by atoms with van der Waals surface area (Å²) in [5.41, 5.74) is -0.713. The molecule has 0 aromatic carbocycles. The minimum atomic E-state index is -1.23. The van der Waals surface area contributed by atoms with Crippen LogP contribution in [0.25, 0.3) is 0 Å². The third-order valence-corrected chi connectivity index (χ3v) is 1.85. The summed E-state index contributed by atoms with van der Waals surface area (Å²) < 4.78 is 9.31. The Morgan fingerprint density at radius 3 is 2.05 bits per heavy atom. The Morgan fingerprint density at radius 1 is 1.20 bits per heavy atom. The number of nitrogens with one attached hydrogen (secondary N) is 1. The summed E-state index contributed by atoms with van der Waals surface area (Å²) in [4.78, 5) is 33.1. The molecule has 2 N–H and O–H groups in total. The number of rotatable bonds is 5. The van der Waals surface area contributed by atoms with Gasteiger partial charge in [0.05, 0.1) is 7.11 Å². The molecule has 0 aromatic rings. The minimum absolute atomic E-state index is 0.0543. The van der Waals surface area contributed by atoms with Gasteiger partial charge in [-0.15, -0.1) is 0 Å². The molecule has 20 heavy (non-hydrogen) atoms. The van der Waals surface area contributed by atoms with Crippen LogP contribution in [0, 0.1) is 0 Å². The first-order valence-corrected chi connectivity index (χ1v) is 6.45. The molecule has 118 valence electrons. The van der Waals surface area contributed by atoms with E-state index in [1.54, 1.807) is 20.8 Å². The highest BCUT2D eigenvalue weighted by atomic mass is 16.6. The van der Waals surface area contributed by atoms with Crippen LogP contribution in [0.3, 0.4) is 0 Å². The van der Waals surface area contributed by atoms with Gasteiger partial charge in [0.15, 0.2) is 0 Å². The molecule has 0 saturated heterocycles. The molecule has 0 aliphatic rings. The van der Waals surface area contributed by atoms with Crippen LogP contribution in [0.4, 0.5) is 4.79 Å². The highest BCUT2D eigenvalue weighted by Gasteiger charge is 2.24. The first kappa shape index (κ1) is 20.5. The summed E-state index contributed by atoms with van der Waals surface area (Å²) in [7, 11) is 1.21. The second-order valence-electron chi connectivity index (χ2n) is 4.65. The summed E-state index contributed by atoms with van der Waals surface area (Å²) in [5.74, 6) is -1.77. The lowest BCUT2D eigenvalue weighted by molar-refractivity contribution is -0.142. The van der Waals surface area contributed by atoms with Crippen LogP contribution in [0.15, 0.2) is 0 Å². The zero-order chi connectivity index (χ0) is 16.3. The average Bonchev–Trinajstić information content (AvgIpc) is 2.33. The fourth-order valence-electron chi connectivity index (χ4n) is 1.07. The lowest BCUT2D eigenvalue weighted by Gasteiger charge is -2.21. The first-order chi connectivity index (χ1) is 9.15. The predicted octanol–water partition coefficient (Wildman–Crippen LogP) is 1.94. The number of methoxy groups -OCH3 is 1. The number of carbonyl (C=O) groups is 3. The van der Waals surface area contributed by atoms with Crippen molar-refractivity contribution in [3.8, 4) is 0 Å². The van der Waals surface area contributed by atoms with Gasteiger partial charge in [-0.3, -0.25) is 4.79 Å². The van der Waals surface area contributed by atoms with Crippen LogP contribution in [-0.2, 0) is 19.1 Å². The van der Waals surface area contributed by atoms with Crippen molar-refractivity contribution in [3.05, 3.63) is 0 Å². The fourth-order valence-corrected chi connectivity index (χ4v) is 1.07. The standard InChI is InChI=1S/C11H19NO6.C2H6/c1-11(2,3)18-10(16)12-7(9(14)15)5-6-8(13)17-4;1-2/h7H,5-6H2,1-4H3,(H,12,16)(H,14,15);1-2H3/t7-;/m0./s1. The van der Waals surface area contributed by atoms with Gasteiger partial charge in [0.2, 0.25) is 0 Å². The molecule has 0 bridgehead atoms. The van der Waals surface area contributed by atoms with E-state index in [2.05, 4.69) is 10.1 Å². The van der Waals surface area contributed by atoms with Crippen molar-refractivity contribution in [2.24, 2.45) is 0 Å². The van der Waals surface area contributed by atoms with Crippen LogP contribution in [-0.4, -0.2) is 41.9 Å². The Morgan fingerprint density at radius 2 is 1.70 bits per heavy atom. The largest absolute Gasteiger partial charge is 0.480 e. The van der Waals surface area contributed by atoms with E-state index in [0.29, 0.717) is 0 Å². The van der Waals surface area contributed by atoms with Crippen molar-refractivity contribution in [2.45, 2.75) is 59.1 Å². The molecule has 0 fully saturated rings. The van der Waals surface area contributed by atoms with E-state index in [1.165, 1.54) is 7.11 Å². The van der Waals surface area contributed by atoms with Gasteiger partial charge >= 0.3 is 18.0 Å². The summed E-state index contributed by atoms with van der Waals surface area (Å²) in [6.45, 7) is 8.99. The van der Waals surface area contributed by atoms with Crippen molar-refractivity contribution in [1.82, 2.24) is 5.32 Å². The quantitative estimate of drug-likeness (QED) is 0.750. The van der Waals surface area contributed by atoms with E-state index in [4.69, 9.17) is 9.84 Å². The molecule has 0 unspecified atom stereocenters. The number of carbonyl (C=O) groups excluding carboxylic acids is 2. The van der Waals surface area contributed by atoms with E-state index in [9.17, 15) is 14.4 Å². The third kappa shape index (κ3) is 11.3. The first-order valence-electron chi connectivity index (χ1n) is 6.45. The number of ether oxygens (including phenoxy) is 2. The van der Waals surface area contributed by atoms with Gasteiger partial charge in [0.1, 0.15) is 11.6 Å². The number of hydrogen-bond donors (Lipinski definition) is 2. The lowest BCUT2D eigenvalue weighted by Crippen LogP contribution is -2.43. The highest BCUT2D eigenvalue weighted by Crippen LogP contribution is 2.08. The van der Waals surface area contributed by atoms with E-state index in [-0.39, 0.29) is 12.8 Å². The second kappa shape index (κ2) is 10.1. The Hall–Kier alpha value is -1.79. The summed E-state index contributed by atoms with van der Waals surface area (Å²) >= 11 is 0. The smallest absolute Gasteiger partial charge is 0.408 e. The second-order valence-corrected chi connectivity index (χ2v) is 4.65. The van der Waals surface area contributed by atoms with Gasteiger partial charge in [-0.05, 0) is 27.2 Å². The number of esters is 1. The number of hydrogen-bond acceptors (Lipinski definition) is 5. The average molecular weight is 291 g/mol. The van der Waals surface area contributed by atoms with Crippen LogP contribution in [0.5, 0.6) is 0 Å². The van der Waals surface area contributed by atoms with Crippen molar-refractivity contribution < 1.29 is 29.0 Å². The predicted molar refractivity (Wildman–Crippen MR) is 73.4 cm³/mol. The SMILES string of the molecule is CC.COC(=O)CC[C@H](NC(=O)OC(C)(C)C)C(=O)O. The van der Waals surface area contributed by atoms with Gasteiger partial charge in [-0.25, -0.2) is 9.59 Å². The molecule has 0 saturated carbocycles. The zero-order valence-corrected chi connectivity index (χ0v) is 13.0. The van der Waals surface area contributed by atoms with Crippen LogP contribution >= 0.6 is 0 Å². The van der Waals surface area contributed by atoms with Crippen LogP contribution < -0.4 is 5.32 Å². The molecular weight excluding hydrogens is 266 g/mol. The maximum absolute atomic E-state index is 11.4. The van der Waals surface area contributed by atoms with E-state index in [0.717, 1.165) is 0 Å². The normalized spacial score (nSPS) is 11.5. The van der Waals surface area contributed by atoms with E-state index >= 15 is 0 Å².